The van der Waals surface area contributed by atoms with Crippen LogP contribution in [0.2, 0.25) is 0 Å². The van der Waals surface area contributed by atoms with Crippen molar-refractivity contribution in [2.75, 3.05) is 7.11 Å². The van der Waals surface area contributed by atoms with Gasteiger partial charge in [0.05, 0.1) is 7.11 Å². The lowest BCUT2D eigenvalue weighted by Crippen LogP contribution is -1.89. The average molecular weight is 261 g/mol. The zero-order valence-electron chi connectivity index (χ0n) is 9.66. The van der Waals surface area contributed by atoms with Gasteiger partial charge in [0.2, 0.25) is 5.82 Å². The Kier molecular flexibility index (Phi) is 2.73. The molecule has 10 nitrogen and oxygen atoms in total. The number of hydrogen-bond donors (Lipinski definition) is 0. The monoisotopic (exact) mass is 261 g/mol. The van der Waals surface area contributed by atoms with Gasteiger partial charge in [0.25, 0.3) is 11.6 Å². The molecule has 0 radical (unpaired) electrons. The summed E-state index contributed by atoms with van der Waals surface area (Å²) in [5.74, 6) is 0.831. The topological polar surface area (TPSA) is 117 Å². The maximum atomic E-state index is 4.87. The third kappa shape index (κ3) is 2.06. The SMILES string of the molecule is COc1nonc1N=Nc1nonc1-n1cccc1. The van der Waals surface area contributed by atoms with E-state index >= 15 is 0 Å². The minimum Gasteiger partial charge on any atom is -0.476 e. The second kappa shape index (κ2) is 4.68. The summed E-state index contributed by atoms with van der Waals surface area (Å²) in [4.78, 5) is 0. The highest BCUT2D eigenvalue weighted by Crippen LogP contribution is 2.25. The maximum Gasteiger partial charge on any atom is 0.304 e. The van der Waals surface area contributed by atoms with E-state index in [0.29, 0.717) is 5.82 Å². The third-order valence-electron chi connectivity index (χ3n) is 2.18. The summed E-state index contributed by atoms with van der Waals surface area (Å²) in [6, 6.07) is 3.67. The third-order valence-corrected chi connectivity index (χ3v) is 2.18. The number of methoxy groups -OCH3 is 1. The minimum absolute atomic E-state index is 0.101. The number of nitrogens with zero attached hydrogens (tertiary/aromatic N) is 7. The molecule has 0 aromatic carbocycles. The molecule has 0 atom stereocenters. The zero-order valence-corrected chi connectivity index (χ0v) is 9.66. The van der Waals surface area contributed by atoms with Crippen LogP contribution in [0.15, 0.2) is 44.0 Å². The van der Waals surface area contributed by atoms with Crippen molar-refractivity contribution in [3.63, 3.8) is 0 Å². The molecule has 0 spiro atoms. The van der Waals surface area contributed by atoms with Crippen LogP contribution in [0.1, 0.15) is 0 Å². The molecular formula is C9H7N7O3. The van der Waals surface area contributed by atoms with Gasteiger partial charge in [-0.2, -0.15) is 0 Å². The van der Waals surface area contributed by atoms with E-state index in [0.717, 1.165) is 0 Å². The van der Waals surface area contributed by atoms with Gasteiger partial charge in [-0.3, -0.25) is 0 Å². The predicted octanol–water partition coefficient (Wildman–Crippen LogP) is 1.67. The molecule has 3 heterocycles. The van der Waals surface area contributed by atoms with E-state index in [-0.39, 0.29) is 17.5 Å². The van der Waals surface area contributed by atoms with Gasteiger partial charge in [-0.1, -0.05) is 0 Å². The normalized spacial score (nSPS) is 11.2. The standard InChI is InChI=1S/C9H7N7O3/c1-17-9-7(13-19-15-9)11-10-6-8(14-18-12-6)16-4-2-3-5-16/h2-5H,1H3. The number of ether oxygens (including phenoxy) is 1. The summed E-state index contributed by atoms with van der Waals surface area (Å²) >= 11 is 0. The first-order chi connectivity index (χ1) is 9.38. The van der Waals surface area contributed by atoms with Gasteiger partial charge in [-0.05, 0) is 32.8 Å². The van der Waals surface area contributed by atoms with Gasteiger partial charge in [0.1, 0.15) is 0 Å². The lowest BCUT2D eigenvalue weighted by atomic mass is 10.6. The Morgan fingerprint density at radius 2 is 1.68 bits per heavy atom. The van der Waals surface area contributed by atoms with E-state index in [4.69, 9.17) is 4.74 Å². The molecule has 0 amide bonds. The first kappa shape index (κ1) is 11.1. The van der Waals surface area contributed by atoms with Crippen LogP contribution in [0.5, 0.6) is 5.88 Å². The highest BCUT2D eigenvalue weighted by Gasteiger charge is 2.13. The van der Waals surface area contributed by atoms with E-state index in [2.05, 4.69) is 40.1 Å². The van der Waals surface area contributed by atoms with Crippen LogP contribution in [-0.2, 0) is 0 Å². The molecule has 0 N–H and O–H groups in total. The molecule has 0 bridgehead atoms. The Balaban J connectivity index is 1.90. The van der Waals surface area contributed by atoms with Gasteiger partial charge in [-0.15, -0.1) is 10.2 Å². The molecule has 3 rings (SSSR count). The van der Waals surface area contributed by atoms with Crippen LogP contribution < -0.4 is 4.74 Å². The Morgan fingerprint density at radius 3 is 2.47 bits per heavy atom. The summed E-state index contributed by atoms with van der Waals surface area (Å²) in [5, 5.41) is 22.0. The molecule has 0 unspecified atom stereocenters. The molecule has 0 saturated carbocycles. The Hall–Kier alpha value is -3.04. The fraction of sp³-hybridized carbons (Fsp3) is 0.111. The summed E-state index contributed by atoms with van der Waals surface area (Å²) in [5.41, 5.74) is 0. The van der Waals surface area contributed by atoms with Crippen LogP contribution >= 0.6 is 0 Å². The quantitative estimate of drug-likeness (QED) is 0.655. The molecule has 0 saturated heterocycles. The molecule has 3 aromatic heterocycles. The van der Waals surface area contributed by atoms with Crippen LogP contribution in [0, 0.1) is 0 Å². The van der Waals surface area contributed by atoms with Crippen molar-refractivity contribution in [1.82, 2.24) is 25.2 Å². The summed E-state index contributed by atoms with van der Waals surface area (Å²) in [7, 11) is 1.42. The molecule has 0 fully saturated rings. The highest BCUT2D eigenvalue weighted by atomic mass is 16.6. The van der Waals surface area contributed by atoms with E-state index in [1.165, 1.54) is 7.11 Å². The lowest BCUT2D eigenvalue weighted by Gasteiger charge is -1.93. The van der Waals surface area contributed by atoms with Crippen LogP contribution in [0.25, 0.3) is 5.82 Å². The van der Waals surface area contributed by atoms with E-state index < -0.39 is 0 Å². The van der Waals surface area contributed by atoms with Crippen molar-refractivity contribution in [2.24, 2.45) is 10.2 Å². The number of hydrogen-bond acceptors (Lipinski definition) is 9. The second-order valence-corrected chi connectivity index (χ2v) is 3.30. The summed E-state index contributed by atoms with van der Waals surface area (Å²) in [6.45, 7) is 0. The fourth-order valence-corrected chi connectivity index (χ4v) is 1.34. The summed E-state index contributed by atoms with van der Waals surface area (Å²) in [6.07, 6.45) is 3.55. The fourth-order valence-electron chi connectivity index (χ4n) is 1.34. The van der Waals surface area contributed by atoms with Crippen LogP contribution in [-0.4, -0.2) is 32.3 Å². The summed E-state index contributed by atoms with van der Waals surface area (Å²) < 4.78 is 15.7. The van der Waals surface area contributed by atoms with Crippen molar-refractivity contribution in [3.8, 4) is 11.7 Å². The lowest BCUT2D eigenvalue weighted by molar-refractivity contribution is 0.281. The number of azo groups is 1. The first-order valence-corrected chi connectivity index (χ1v) is 5.12. The van der Waals surface area contributed by atoms with Crippen molar-refractivity contribution in [1.29, 1.82) is 0 Å². The molecule has 0 aliphatic rings. The van der Waals surface area contributed by atoms with E-state index in [1.54, 1.807) is 17.0 Å². The minimum atomic E-state index is 0.101. The Bertz CT molecular complexity index is 684. The number of rotatable bonds is 4. The molecule has 19 heavy (non-hydrogen) atoms. The number of aromatic nitrogens is 5. The molecule has 10 heteroatoms. The Morgan fingerprint density at radius 1 is 1.00 bits per heavy atom. The van der Waals surface area contributed by atoms with Gasteiger partial charge in [0.15, 0.2) is 0 Å². The van der Waals surface area contributed by atoms with Gasteiger partial charge in [-0.25, -0.2) is 9.26 Å². The van der Waals surface area contributed by atoms with Gasteiger partial charge in [0, 0.05) is 12.4 Å². The second-order valence-electron chi connectivity index (χ2n) is 3.30. The molecule has 3 aromatic rings. The maximum absolute atomic E-state index is 4.87. The van der Waals surface area contributed by atoms with Crippen molar-refractivity contribution >= 4 is 11.6 Å². The van der Waals surface area contributed by atoms with Gasteiger partial charge >= 0.3 is 5.88 Å². The van der Waals surface area contributed by atoms with Crippen LogP contribution in [0.3, 0.4) is 0 Å². The van der Waals surface area contributed by atoms with E-state index in [1.807, 2.05) is 12.1 Å². The molecule has 0 aliphatic heterocycles. The predicted molar refractivity (Wildman–Crippen MR) is 58.7 cm³/mol. The highest BCUT2D eigenvalue weighted by molar-refractivity contribution is 5.44. The first-order valence-electron chi connectivity index (χ1n) is 5.12. The van der Waals surface area contributed by atoms with Crippen molar-refractivity contribution < 1.29 is 14.0 Å². The Labute approximate surface area is 105 Å². The van der Waals surface area contributed by atoms with E-state index in [9.17, 15) is 0 Å². The molecule has 0 aliphatic carbocycles. The van der Waals surface area contributed by atoms with Crippen LogP contribution in [0.4, 0.5) is 11.6 Å². The smallest absolute Gasteiger partial charge is 0.304 e. The zero-order chi connectivity index (χ0) is 13.1. The van der Waals surface area contributed by atoms with Crippen molar-refractivity contribution in [2.45, 2.75) is 0 Å². The molecule has 96 valence electrons. The van der Waals surface area contributed by atoms with Crippen molar-refractivity contribution in [3.05, 3.63) is 24.5 Å². The van der Waals surface area contributed by atoms with Gasteiger partial charge < -0.3 is 9.30 Å². The largest absolute Gasteiger partial charge is 0.476 e. The average Bonchev–Trinajstić information content (AvgIpc) is 3.16. The molecular weight excluding hydrogens is 254 g/mol.